The van der Waals surface area contributed by atoms with Gasteiger partial charge in [0, 0.05) is 11.8 Å². The van der Waals surface area contributed by atoms with Gasteiger partial charge in [-0.05, 0) is 11.1 Å². The van der Waals surface area contributed by atoms with E-state index in [1.165, 1.54) is 16.9 Å². The van der Waals surface area contributed by atoms with Crippen molar-refractivity contribution in [1.82, 2.24) is 4.98 Å². The van der Waals surface area contributed by atoms with Gasteiger partial charge in [-0.3, -0.25) is 0 Å². The standard InChI is InChI=1S/C17H15NOS/c19-16(14-9-5-2-6-10-14)17-18-15(12-20-17)11-13-7-3-1-4-8-13/h1-10,12,16,19H,11H2. The van der Waals surface area contributed by atoms with Gasteiger partial charge in [0.1, 0.15) is 11.1 Å². The van der Waals surface area contributed by atoms with Gasteiger partial charge < -0.3 is 5.11 Å². The zero-order valence-corrected chi connectivity index (χ0v) is 11.8. The number of hydrogen-bond donors (Lipinski definition) is 1. The fraction of sp³-hybridized carbons (Fsp3) is 0.118. The van der Waals surface area contributed by atoms with E-state index in [-0.39, 0.29) is 0 Å². The molecule has 2 aromatic carbocycles. The lowest BCUT2D eigenvalue weighted by Gasteiger charge is -2.06. The Labute approximate surface area is 122 Å². The number of aromatic nitrogens is 1. The lowest BCUT2D eigenvalue weighted by atomic mass is 10.1. The Morgan fingerprint density at radius 1 is 0.950 bits per heavy atom. The van der Waals surface area contributed by atoms with Crippen molar-refractivity contribution in [1.29, 1.82) is 0 Å². The minimum atomic E-state index is -0.634. The number of rotatable bonds is 4. The van der Waals surface area contributed by atoms with Crippen LogP contribution in [0.5, 0.6) is 0 Å². The lowest BCUT2D eigenvalue weighted by Crippen LogP contribution is -1.99. The molecule has 0 saturated carbocycles. The van der Waals surface area contributed by atoms with E-state index in [0.717, 1.165) is 22.7 Å². The lowest BCUT2D eigenvalue weighted by molar-refractivity contribution is 0.219. The van der Waals surface area contributed by atoms with Crippen LogP contribution in [0.3, 0.4) is 0 Å². The molecule has 3 rings (SSSR count). The van der Waals surface area contributed by atoms with E-state index >= 15 is 0 Å². The highest BCUT2D eigenvalue weighted by Crippen LogP contribution is 2.25. The third-order valence-corrected chi connectivity index (χ3v) is 4.09. The number of aliphatic hydroxyl groups is 1. The number of nitrogens with zero attached hydrogens (tertiary/aromatic N) is 1. The van der Waals surface area contributed by atoms with Gasteiger partial charge in [0.2, 0.25) is 0 Å². The fourth-order valence-electron chi connectivity index (χ4n) is 2.11. The van der Waals surface area contributed by atoms with Gasteiger partial charge in [-0.25, -0.2) is 4.98 Å². The van der Waals surface area contributed by atoms with E-state index in [2.05, 4.69) is 17.1 Å². The minimum Gasteiger partial charge on any atom is -0.381 e. The maximum Gasteiger partial charge on any atom is 0.131 e. The molecule has 1 N–H and O–H groups in total. The Morgan fingerprint density at radius 3 is 2.30 bits per heavy atom. The molecule has 0 amide bonds. The van der Waals surface area contributed by atoms with Crippen LogP contribution in [0.15, 0.2) is 66.0 Å². The Morgan fingerprint density at radius 2 is 1.60 bits per heavy atom. The van der Waals surface area contributed by atoms with Gasteiger partial charge in [0.05, 0.1) is 5.69 Å². The van der Waals surface area contributed by atoms with E-state index in [0.29, 0.717) is 0 Å². The first-order valence-corrected chi connectivity index (χ1v) is 7.42. The zero-order chi connectivity index (χ0) is 13.8. The average molecular weight is 281 g/mol. The van der Waals surface area contributed by atoms with Gasteiger partial charge in [-0.2, -0.15) is 0 Å². The Hall–Kier alpha value is -1.97. The van der Waals surface area contributed by atoms with E-state index in [1.54, 1.807) is 0 Å². The van der Waals surface area contributed by atoms with E-state index < -0.39 is 6.10 Å². The maximum absolute atomic E-state index is 10.3. The predicted molar refractivity (Wildman–Crippen MR) is 81.9 cm³/mol. The molecule has 100 valence electrons. The Kier molecular flexibility index (Phi) is 3.90. The van der Waals surface area contributed by atoms with Crippen molar-refractivity contribution < 1.29 is 5.11 Å². The van der Waals surface area contributed by atoms with Crippen molar-refractivity contribution in [2.75, 3.05) is 0 Å². The van der Waals surface area contributed by atoms with E-state index in [4.69, 9.17) is 0 Å². The second kappa shape index (κ2) is 5.99. The molecule has 0 aliphatic carbocycles. The molecule has 0 saturated heterocycles. The molecule has 1 aromatic heterocycles. The highest BCUT2D eigenvalue weighted by Gasteiger charge is 2.14. The molecular weight excluding hydrogens is 266 g/mol. The summed E-state index contributed by atoms with van der Waals surface area (Å²) in [4.78, 5) is 4.55. The Balaban J connectivity index is 1.77. The number of benzene rings is 2. The molecule has 0 fully saturated rings. The summed E-state index contributed by atoms with van der Waals surface area (Å²) in [5.74, 6) is 0. The van der Waals surface area contributed by atoms with Crippen molar-refractivity contribution in [3.63, 3.8) is 0 Å². The summed E-state index contributed by atoms with van der Waals surface area (Å²) in [5.41, 5.74) is 3.12. The van der Waals surface area contributed by atoms with Crippen LogP contribution >= 0.6 is 11.3 Å². The quantitative estimate of drug-likeness (QED) is 0.788. The second-order valence-corrected chi connectivity index (χ2v) is 5.54. The molecule has 0 aliphatic rings. The number of thiazole rings is 1. The summed E-state index contributed by atoms with van der Waals surface area (Å²) in [6.45, 7) is 0. The number of hydrogen-bond acceptors (Lipinski definition) is 3. The van der Waals surface area contributed by atoms with Crippen LogP contribution in [0, 0.1) is 0 Å². The van der Waals surface area contributed by atoms with Gasteiger partial charge in [-0.1, -0.05) is 60.7 Å². The molecule has 1 atom stereocenters. The van der Waals surface area contributed by atoms with Gasteiger partial charge >= 0.3 is 0 Å². The third-order valence-electron chi connectivity index (χ3n) is 3.15. The van der Waals surface area contributed by atoms with Crippen LogP contribution < -0.4 is 0 Å². The maximum atomic E-state index is 10.3. The second-order valence-electron chi connectivity index (χ2n) is 4.65. The number of aliphatic hydroxyl groups excluding tert-OH is 1. The third kappa shape index (κ3) is 2.95. The van der Waals surface area contributed by atoms with Crippen LogP contribution in [-0.2, 0) is 6.42 Å². The van der Waals surface area contributed by atoms with Crippen molar-refractivity contribution in [2.24, 2.45) is 0 Å². The molecule has 3 aromatic rings. The van der Waals surface area contributed by atoms with Crippen LogP contribution in [0.25, 0.3) is 0 Å². The van der Waals surface area contributed by atoms with Crippen molar-refractivity contribution >= 4 is 11.3 Å². The molecular formula is C17H15NOS. The highest BCUT2D eigenvalue weighted by molar-refractivity contribution is 7.09. The van der Waals surface area contributed by atoms with Crippen LogP contribution in [0.2, 0.25) is 0 Å². The van der Waals surface area contributed by atoms with Crippen LogP contribution in [0.1, 0.15) is 27.9 Å². The summed E-state index contributed by atoms with van der Waals surface area (Å²) in [7, 11) is 0. The largest absolute Gasteiger partial charge is 0.381 e. The van der Waals surface area contributed by atoms with E-state index in [1.807, 2.05) is 53.9 Å². The van der Waals surface area contributed by atoms with Crippen molar-refractivity contribution in [3.8, 4) is 0 Å². The topological polar surface area (TPSA) is 33.1 Å². The molecule has 20 heavy (non-hydrogen) atoms. The minimum absolute atomic E-state index is 0.634. The zero-order valence-electron chi connectivity index (χ0n) is 10.9. The van der Waals surface area contributed by atoms with Gasteiger partial charge in [0.15, 0.2) is 0 Å². The van der Waals surface area contributed by atoms with Crippen molar-refractivity contribution in [3.05, 3.63) is 87.9 Å². The summed E-state index contributed by atoms with van der Waals surface area (Å²) >= 11 is 1.51. The van der Waals surface area contributed by atoms with Crippen molar-refractivity contribution in [2.45, 2.75) is 12.5 Å². The van der Waals surface area contributed by atoms with Gasteiger partial charge in [0.25, 0.3) is 0 Å². The fourth-order valence-corrected chi connectivity index (χ4v) is 2.94. The molecule has 0 bridgehead atoms. The highest BCUT2D eigenvalue weighted by atomic mass is 32.1. The normalized spacial score (nSPS) is 12.2. The first kappa shape index (κ1) is 13.0. The molecule has 0 spiro atoms. The molecule has 1 unspecified atom stereocenters. The predicted octanol–water partition coefficient (Wildman–Crippen LogP) is 3.82. The molecule has 3 heteroatoms. The summed E-state index contributed by atoms with van der Waals surface area (Å²) in [6.07, 6.45) is 0.171. The molecule has 1 heterocycles. The summed E-state index contributed by atoms with van der Waals surface area (Å²) in [5, 5.41) is 13.1. The van der Waals surface area contributed by atoms with Crippen LogP contribution in [0.4, 0.5) is 0 Å². The molecule has 0 aliphatic heterocycles. The summed E-state index contributed by atoms with van der Waals surface area (Å²) < 4.78 is 0. The molecule has 2 nitrogen and oxygen atoms in total. The monoisotopic (exact) mass is 281 g/mol. The van der Waals surface area contributed by atoms with Crippen LogP contribution in [-0.4, -0.2) is 10.1 Å². The first-order chi connectivity index (χ1) is 9.83. The Bertz CT molecular complexity index is 664. The van der Waals surface area contributed by atoms with E-state index in [9.17, 15) is 5.11 Å². The smallest absolute Gasteiger partial charge is 0.131 e. The summed E-state index contributed by atoms with van der Waals surface area (Å²) in [6, 6.07) is 19.9. The average Bonchev–Trinajstić information content (AvgIpc) is 2.97. The SMILES string of the molecule is OC(c1ccccc1)c1nc(Cc2ccccc2)cs1. The van der Waals surface area contributed by atoms with Gasteiger partial charge in [-0.15, -0.1) is 11.3 Å². The molecule has 0 radical (unpaired) electrons. The first-order valence-electron chi connectivity index (χ1n) is 6.54.